The van der Waals surface area contributed by atoms with Crippen molar-refractivity contribution >= 4 is 23.2 Å². The highest BCUT2D eigenvalue weighted by Crippen LogP contribution is 2.20. The van der Waals surface area contributed by atoms with E-state index < -0.39 is 0 Å². The maximum atomic E-state index is 12.3. The number of aromatic nitrogens is 4. The van der Waals surface area contributed by atoms with Crippen molar-refractivity contribution in [1.82, 2.24) is 19.7 Å². The number of hydrogen-bond donors (Lipinski definition) is 1. The van der Waals surface area contributed by atoms with Crippen molar-refractivity contribution in [2.24, 2.45) is 0 Å². The van der Waals surface area contributed by atoms with Crippen LogP contribution >= 0.6 is 11.6 Å². The zero-order valence-corrected chi connectivity index (χ0v) is 11.5. The van der Waals surface area contributed by atoms with Gasteiger partial charge in [0.25, 0.3) is 5.91 Å². The number of halogens is 1. The van der Waals surface area contributed by atoms with Gasteiger partial charge in [0.05, 0.1) is 16.9 Å². The summed E-state index contributed by atoms with van der Waals surface area (Å²) >= 11 is 5.93. The number of para-hydroxylation sites is 2. The molecule has 1 amide bonds. The lowest BCUT2D eigenvalue weighted by molar-refractivity contribution is 0.102. The van der Waals surface area contributed by atoms with Gasteiger partial charge in [-0.15, -0.1) is 0 Å². The summed E-state index contributed by atoms with van der Waals surface area (Å²) in [6, 6.07) is 10.5. The van der Waals surface area contributed by atoms with Crippen molar-refractivity contribution in [1.29, 1.82) is 0 Å². The van der Waals surface area contributed by atoms with Crippen molar-refractivity contribution in [2.75, 3.05) is 5.32 Å². The first-order valence-electron chi connectivity index (χ1n) is 6.11. The molecule has 0 spiro atoms. The highest BCUT2D eigenvalue weighted by Gasteiger charge is 2.13. The first-order valence-corrected chi connectivity index (χ1v) is 6.49. The first-order chi connectivity index (χ1) is 10.3. The van der Waals surface area contributed by atoms with Gasteiger partial charge >= 0.3 is 0 Å². The molecule has 0 radical (unpaired) electrons. The number of nitrogens with one attached hydrogen (secondary N) is 1. The second-order valence-electron chi connectivity index (χ2n) is 4.15. The van der Waals surface area contributed by atoms with E-state index in [1.165, 1.54) is 12.5 Å². The van der Waals surface area contributed by atoms with Crippen molar-refractivity contribution < 1.29 is 4.79 Å². The van der Waals surface area contributed by atoms with Crippen molar-refractivity contribution in [3.05, 3.63) is 66.0 Å². The molecule has 3 aromatic rings. The van der Waals surface area contributed by atoms with Crippen LogP contribution in [0.2, 0.25) is 5.15 Å². The fraction of sp³-hybridized carbons (Fsp3) is 0. The zero-order chi connectivity index (χ0) is 14.7. The van der Waals surface area contributed by atoms with E-state index in [4.69, 9.17) is 11.6 Å². The van der Waals surface area contributed by atoms with E-state index in [0.717, 1.165) is 0 Å². The van der Waals surface area contributed by atoms with Crippen LogP contribution in [0.3, 0.4) is 0 Å². The van der Waals surface area contributed by atoms with E-state index in [0.29, 0.717) is 16.9 Å². The molecule has 0 atom stereocenters. The summed E-state index contributed by atoms with van der Waals surface area (Å²) < 4.78 is 1.57. The van der Waals surface area contributed by atoms with E-state index in [9.17, 15) is 4.79 Å². The quantitative estimate of drug-likeness (QED) is 0.754. The fourth-order valence-electron chi connectivity index (χ4n) is 1.86. The minimum absolute atomic E-state index is 0.160. The summed E-state index contributed by atoms with van der Waals surface area (Å²) in [4.78, 5) is 20.1. The number of amides is 1. The molecular weight excluding hydrogens is 290 g/mol. The van der Waals surface area contributed by atoms with Crippen molar-refractivity contribution in [2.45, 2.75) is 0 Å². The molecule has 2 heterocycles. The van der Waals surface area contributed by atoms with Gasteiger partial charge in [-0.25, -0.2) is 14.6 Å². The number of benzene rings is 1. The number of rotatable bonds is 3. The second-order valence-corrected chi connectivity index (χ2v) is 4.51. The standard InChI is InChI=1S/C14H10ClN5O/c15-13-10(4-3-7-17-13)14(21)19-11-5-1-2-6-12(11)20-9-16-8-18-20/h1-9H,(H,19,21). The van der Waals surface area contributed by atoms with Crippen LogP contribution in [0.4, 0.5) is 5.69 Å². The zero-order valence-electron chi connectivity index (χ0n) is 10.8. The molecule has 1 aromatic carbocycles. The SMILES string of the molecule is O=C(Nc1ccccc1-n1cncn1)c1cccnc1Cl. The third-order valence-corrected chi connectivity index (χ3v) is 3.12. The van der Waals surface area contributed by atoms with Crippen LogP contribution in [0.25, 0.3) is 5.69 Å². The largest absolute Gasteiger partial charge is 0.320 e. The molecule has 3 rings (SSSR count). The van der Waals surface area contributed by atoms with Gasteiger partial charge in [-0.2, -0.15) is 5.10 Å². The van der Waals surface area contributed by atoms with Gasteiger partial charge in [-0.1, -0.05) is 23.7 Å². The van der Waals surface area contributed by atoms with Crippen LogP contribution in [-0.4, -0.2) is 25.7 Å². The van der Waals surface area contributed by atoms with Crippen molar-refractivity contribution in [3.63, 3.8) is 0 Å². The summed E-state index contributed by atoms with van der Waals surface area (Å²) in [7, 11) is 0. The predicted octanol–water partition coefficient (Wildman–Crippen LogP) is 2.57. The topological polar surface area (TPSA) is 72.7 Å². The summed E-state index contributed by atoms with van der Waals surface area (Å²) in [5.74, 6) is -0.333. The van der Waals surface area contributed by atoms with Gasteiger partial charge in [-0.05, 0) is 24.3 Å². The van der Waals surface area contributed by atoms with Gasteiger partial charge in [0, 0.05) is 6.20 Å². The summed E-state index contributed by atoms with van der Waals surface area (Å²) in [6.45, 7) is 0. The minimum Gasteiger partial charge on any atom is -0.320 e. The van der Waals surface area contributed by atoms with Crippen LogP contribution in [0.1, 0.15) is 10.4 Å². The van der Waals surface area contributed by atoms with E-state index in [-0.39, 0.29) is 11.1 Å². The molecule has 2 aromatic heterocycles. The van der Waals surface area contributed by atoms with Crippen LogP contribution in [0.5, 0.6) is 0 Å². The highest BCUT2D eigenvalue weighted by molar-refractivity contribution is 6.33. The van der Waals surface area contributed by atoms with Gasteiger partial charge in [0.2, 0.25) is 0 Å². The lowest BCUT2D eigenvalue weighted by Crippen LogP contribution is -2.14. The Kier molecular flexibility index (Phi) is 3.61. The monoisotopic (exact) mass is 299 g/mol. The lowest BCUT2D eigenvalue weighted by atomic mass is 10.2. The van der Waals surface area contributed by atoms with Gasteiger partial charge < -0.3 is 5.32 Å². The summed E-state index contributed by atoms with van der Waals surface area (Å²) in [6.07, 6.45) is 4.51. The van der Waals surface area contributed by atoms with Crippen LogP contribution < -0.4 is 5.32 Å². The summed E-state index contributed by atoms with van der Waals surface area (Å²) in [5.41, 5.74) is 1.63. The smallest absolute Gasteiger partial charge is 0.258 e. The Morgan fingerprint density at radius 1 is 1.19 bits per heavy atom. The Hall–Kier alpha value is -2.73. The molecule has 0 saturated carbocycles. The number of carbonyl (C=O) groups excluding carboxylic acids is 1. The molecule has 0 fully saturated rings. The number of hydrogen-bond acceptors (Lipinski definition) is 4. The van der Waals surface area contributed by atoms with Gasteiger partial charge in [-0.3, -0.25) is 4.79 Å². The third kappa shape index (κ3) is 2.75. The molecule has 1 N–H and O–H groups in total. The molecule has 7 heteroatoms. The molecule has 104 valence electrons. The first kappa shape index (κ1) is 13.3. The number of nitrogens with zero attached hydrogens (tertiary/aromatic N) is 4. The Morgan fingerprint density at radius 3 is 2.81 bits per heavy atom. The molecule has 0 bridgehead atoms. The number of anilines is 1. The highest BCUT2D eigenvalue weighted by atomic mass is 35.5. The number of carbonyl (C=O) groups is 1. The maximum absolute atomic E-state index is 12.3. The number of pyridine rings is 1. The van der Waals surface area contributed by atoms with E-state index in [1.54, 1.807) is 29.2 Å². The van der Waals surface area contributed by atoms with E-state index in [2.05, 4.69) is 20.4 Å². The Labute approximate surface area is 125 Å². The van der Waals surface area contributed by atoms with Crippen LogP contribution in [-0.2, 0) is 0 Å². The van der Waals surface area contributed by atoms with Crippen LogP contribution in [0, 0.1) is 0 Å². The average molecular weight is 300 g/mol. The Morgan fingerprint density at radius 2 is 2.05 bits per heavy atom. The lowest BCUT2D eigenvalue weighted by Gasteiger charge is -2.10. The maximum Gasteiger partial charge on any atom is 0.258 e. The fourth-order valence-corrected chi connectivity index (χ4v) is 2.06. The second kappa shape index (κ2) is 5.72. The minimum atomic E-state index is -0.333. The van der Waals surface area contributed by atoms with Gasteiger partial charge in [0.1, 0.15) is 17.8 Å². The Bertz CT molecular complexity index is 773. The molecule has 0 aliphatic heterocycles. The Balaban J connectivity index is 1.93. The average Bonchev–Trinajstić information content (AvgIpc) is 3.02. The molecule has 0 unspecified atom stereocenters. The van der Waals surface area contributed by atoms with Gasteiger partial charge in [0.15, 0.2) is 0 Å². The van der Waals surface area contributed by atoms with E-state index in [1.807, 2.05) is 18.2 Å². The predicted molar refractivity (Wildman–Crippen MR) is 78.6 cm³/mol. The molecule has 21 heavy (non-hydrogen) atoms. The molecular formula is C14H10ClN5O. The van der Waals surface area contributed by atoms with Crippen LogP contribution in [0.15, 0.2) is 55.2 Å². The van der Waals surface area contributed by atoms with Crippen molar-refractivity contribution in [3.8, 4) is 5.69 Å². The third-order valence-electron chi connectivity index (χ3n) is 2.82. The van der Waals surface area contributed by atoms with E-state index >= 15 is 0 Å². The molecule has 0 saturated heterocycles. The normalized spacial score (nSPS) is 10.3. The molecule has 6 nitrogen and oxygen atoms in total. The molecule has 0 aliphatic rings. The molecule has 0 aliphatic carbocycles. The summed E-state index contributed by atoms with van der Waals surface area (Å²) in [5, 5.41) is 7.02.